The lowest BCUT2D eigenvalue weighted by atomic mass is 10.1. The van der Waals surface area contributed by atoms with E-state index in [1.165, 1.54) is 6.07 Å². The summed E-state index contributed by atoms with van der Waals surface area (Å²) >= 11 is 0. The maximum absolute atomic E-state index is 12.8. The molecular weight excluding hydrogens is 143 g/mol. The van der Waals surface area contributed by atoms with Crippen molar-refractivity contribution >= 4 is 0 Å². The zero-order chi connectivity index (χ0) is 8.43. The van der Waals surface area contributed by atoms with Crippen molar-refractivity contribution in [3.63, 3.8) is 0 Å². The molecule has 2 heteroatoms. The topological polar surface area (TPSA) is 20.2 Å². The van der Waals surface area contributed by atoms with Crippen molar-refractivity contribution in [3.8, 4) is 0 Å². The third kappa shape index (κ3) is 1.77. The second-order valence-electron chi connectivity index (χ2n) is 2.68. The number of rotatable bonds is 1. The minimum atomic E-state index is -0.593. The summed E-state index contributed by atoms with van der Waals surface area (Å²) in [6.07, 6.45) is -0.593. The molecule has 1 aromatic carbocycles. The molecule has 0 spiro atoms. The van der Waals surface area contributed by atoms with Crippen LogP contribution in [0.25, 0.3) is 0 Å². The smallest absolute Gasteiger partial charge is 0.126 e. The summed E-state index contributed by atoms with van der Waals surface area (Å²) in [7, 11) is 0. The maximum Gasteiger partial charge on any atom is 0.126 e. The lowest BCUT2D eigenvalue weighted by Gasteiger charge is -2.04. The van der Waals surface area contributed by atoms with Crippen LogP contribution in [-0.4, -0.2) is 5.11 Å². The highest BCUT2D eigenvalue weighted by molar-refractivity contribution is 5.24. The van der Waals surface area contributed by atoms with E-state index in [0.29, 0.717) is 11.1 Å². The van der Waals surface area contributed by atoms with E-state index in [9.17, 15) is 4.39 Å². The fraction of sp³-hybridized carbons (Fsp3) is 0.333. The molecule has 1 aromatic rings. The van der Waals surface area contributed by atoms with Crippen LogP contribution in [0.15, 0.2) is 18.2 Å². The van der Waals surface area contributed by atoms with Crippen molar-refractivity contribution < 1.29 is 9.50 Å². The Balaban J connectivity index is 3.05. The Labute approximate surface area is 65.5 Å². The predicted octanol–water partition coefficient (Wildman–Crippen LogP) is 2.19. The number of aliphatic hydroxyl groups excluding tert-OH is 1. The van der Waals surface area contributed by atoms with E-state index in [1.54, 1.807) is 26.0 Å². The fourth-order valence-corrected chi connectivity index (χ4v) is 0.869. The van der Waals surface area contributed by atoms with Crippen LogP contribution in [0.4, 0.5) is 4.39 Å². The summed E-state index contributed by atoms with van der Waals surface area (Å²) in [5.74, 6) is -0.261. The Morgan fingerprint density at radius 3 is 2.55 bits per heavy atom. The predicted molar refractivity (Wildman–Crippen MR) is 41.8 cm³/mol. The van der Waals surface area contributed by atoms with Crippen LogP contribution in [0.1, 0.15) is 24.2 Å². The molecular formula is C9H11FO. The largest absolute Gasteiger partial charge is 0.389 e. The lowest BCUT2D eigenvalue weighted by molar-refractivity contribution is 0.199. The van der Waals surface area contributed by atoms with E-state index in [2.05, 4.69) is 0 Å². The van der Waals surface area contributed by atoms with Gasteiger partial charge >= 0.3 is 0 Å². The minimum absolute atomic E-state index is 0.261. The van der Waals surface area contributed by atoms with Crippen molar-refractivity contribution in [2.75, 3.05) is 0 Å². The molecule has 0 bridgehead atoms. The standard InChI is InChI=1S/C9H11FO/c1-6-3-4-8(7(2)11)5-9(6)10/h3-5,7,11H,1-2H3/t7-/m0/s1. The van der Waals surface area contributed by atoms with Crippen molar-refractivity contribution in [3.05, 3.63) is 35.1 Å². The summed E-state index contributed by atoms with van der Waals surface area (Å²) in [5, 5.41) is 9.07. The number of benzene rings is 1. The van der Waals surface area contributed by atoms with E-state index in [0.717, 1.165) is 0 Å². The first kappa shape index (κ1) is 8.21. The van der Waals surface area contributed by atoms with Crippen LogP contribution in [0.2, 0.25) is 0 Å². The third-order valence-corrected chi connectivity index (χ3v) is 1.68. The fourth-order valence-electron chi connectivity index (χ4n) is 0.869. The van der Waals surface area contributed by atoms with Crippen LogP contribution >= 0.6 is 0 Å². The Hall–Kier alpha value is -0.890. The lowest BCUT2D eigenvalue weighted by Crippen LogP contribution is -1.92. The molecule has 0 saturated heterocycles. The van der Waals surface area contributed by atoms with Gasteiger partial charge in [0.15, 0.2) is 0 Å². The van der Waals surface area contributed by atoms with E-state index >= 15 is 0 Å². The van der Waals surface area contributed by atoms with Gasteiger partial charge in [-0.1, -0.05) is 12.1 Å². The molecule has 0 aliphatic carbocycles. The first-order valence-corrected chi connectivity index (χ1v) is 3.55. The second-order valence-corrected chi connectivity index (χ2v) is 2.68. The highest BCUT2D eigenvalue weighted by atomic mass is 19.1. The molecule has 11 heavy (non-hydrogen) atoms. The molecule has 0 radical (unpaired) electrons. The van der Waals surface area contributed by atoms with E-state index in [1.807, 2.05) is 0 Å². The Bertz CT molecular complexity index is 256. The highest BCUT2D eigenvalue weighted by Gasteiger charge is 2.02. The number of aryl methyl sites for hydroxylation is 1. The zero-order valence-electron chi connectivity index (χ0n) is 6.63. The van der Waals surface area contributed by atoms with Crippen molar-refractivity contribution in [2.24, 2.45) is 0 Å². The average Bonchev–Trinajstić information content (AvgIpc) is 1.94. The SMILES string of the molecule is Cc1ccc([C@H](C)O)cc1F. The van der Waals surface area contributed by atoms with Gasteiger partial charge in [0.1, 0.15) is 5.82 Å². The summed E-state index contributed by atoms with van der Waals surface area (Å²) in [6, 6.07) is 4.75. The second kappa shape index (κ2) is 3.01. The highest BCUT2D eigenvalue weighted by Crippen LogP contribution is 2.15. The normalized spacial score (nSPS) is 13.1. The number of aliphatic hydroxyl groups is 1. The van der Waals surface area contributed by atoms with Crippen LogP contribution in [0.5, 0.6) is 0 Å². The van der Waals surface area contributed by atoms with Gasteiger partial charge in [0.05, 0.1) is 6.10 Å². The Morgan fingerprint density at radius 2 is 2.09 bits per heavy atom. The van der Waals surface area contributed by atoms with Gasteiger partial charge in [-0.15, -0.1) is 0 Å². The molecule has 0 fully saturated rings. The van der Waals surface area contributed by atoms with E-state index in [-0.39, 0.29) is 5.82 Å². The maximum atomic E-state index is 12.8. The number of halogens is 1. The molecule has 0 unspecified atom stereocenters. The third-order valence-electron chi connectivity index (χ3n) is 1.68. The molecule has 1 N–H and O–H groups in total. The summed E-state index contributed by atoms with van der Waals surface area (Å²) in [6.45, 7) is 3.31. The van der Waals surface area contributed by atoms with Crippen LogP contribution < -0.4 is 0 Å². The quantitative estimate of drug-likeness (QED) is 0.657. The van der Waals surface area contributed by atoms with Gasteiger partial charge in [0.2, 0.25) is 0 Å². The molecule has 0 heterocycles. The first-order chi connectivity index (χ1) is 5.11. The van der Waals surface area contributed by atoms with Gasteiger partial charge in [0.25, 0.3) is 0 Å². The van der Waals surface area contributed by atoms with Gasteiger partial charge in [-0.25, -0.2) is 4.39 Å². The molecule has 0 amide bonds. The Kier molecular flexibility index (Phi) is 2.25. The van der Waals surface area contributed by atoms with Crippen molar-refractivity contribution in [1.82, 2.24) is 0 Å². The van der Waals surface area contributed by atoms with Crippen LogP contribution in [0.3, 0.4) is 0 Å². The summed E-state index contributed by atoms with van der Waals surface area (Å²) in [5.41, 5.74) is 1.22. The van der Waals surface area contributed by atoms with Gasteiger partial charge < -0.3 is 5.11 Å². The molecule has 0 saturated carbocycles. The monoisotopic (exact) mass is 154 g/mol. The molecule has 1 nitrogen and oxygen atoms in total. The first-order valence-electron chi connectivity index (χ1n) is 3.55. The van der Waals surface area contributed by atoms with E-state index in [4.69, 9.17) is 5.11 Å². The van der Waals surface area contributed by atoms with Crippen LogP contribution in [0, 0.1) is 12.7 Å². The summed E-state index contributed by atoms with van der Waals surface area (Å²) in [4.78, 5) is 0. The summed E-state index contributed by atoms with van der Waals surface area (Å²) < 4.78 is 12.8. The van der Waals surface area contributed by atoms with Gasteiger partial charge in [0, 0.05) is 0 Å². The number of hydrogen-bond donors (Lipinski definition) is 1. The van der Waals surface area contributed by atoms with Crippen molar-refractivity contribution in [2.45, 2.75) is 20.0 Å². The molecule has 1 atom stereocenters. The average molecular weight is 154 g/mol. The van der Waals surface area contributed by atoms with Gasteiger partial charge in [-0.2, -0.15) is 0 Å². The van der Waals surface area contributed by atoms with Gasteiger partial charge in [-0.3, -0.25) is 0 Å². The number of hydrogen-bond acceptors (Lipinski definition) is 1. The van der Waals surface area contributed by atoms with Crippen LogP contribution in [-0.2, 0) is 0 Å². The molecule has 60 valence electrons. The molecule has 0 aliphatic rings. The molecule has 0 aromatic heterocycles. The van der Waals surface area contributed by atoms with Gasteiger partial charge in [-0.05, 0) is 31.0 Å². The molecule has 0 aliphatic heterocycles. The molecule has 1 rings (SSSR count). The van der Waals surface area contributed by atoms with Crippen molar-refractivity contribution in [1.29, 1.82) is 0 Å². The zero-order valence-corrected chi connectivity index (χ0v) is 6.63. The Morgan fingerprint density at radius 1 is 1.45 bits per heavy atom. The minimum Gasteiger partial charge on any atom is -0.389 e. The van der Waals surface area contributed by atoms with E-state index < -0.39 is 6.10 Å².